The number of amidine groups is 1. The van der Waals surface area contributed by atoms with Crippen molar-refractivity contribution in [1.82, 2.24) is 20.1 Å². The Morgan fingerprint density at radius 1 is 1.39 bits per heavy atom. The van der Waals surface area contributed by atoms with Crippen molar-refractivity contribution >= 4 is 27.9 Å². The number of hydrazine groups is 1. The van der Waals surface area contributed by atoms with Gasteiger partial charge >= 0.3 is 0 Å². The number of methoxy groups -OCH3 is 1. The number of aliphatic imine (C=N–C) groups is 2. The molecule has 2 atom stereocenters. The molecule has 3 aliphatic rings. The van der Waals surface area contributed by atoms with Gasteiger partial charge in [-0.05, 0) is 30.5 Å². The summed E-state index contributed by atoms with van der Waals surface area (Å²) < 4.78 is 31.4. The van der Waals surface area contributed by atoms with Gasteiger partial charge in [0.15, 0.2) is 5.84 Å². The van der Waals surface area contributed by atoms with Crippen molar-refractivity contribution in [3.05, 3.63) is 35.5 Å². The van der Waals surface area contributed by atoms with E-state index in [2.05, 4.69) is 25.0 Å². The third-order valence-electron chi connectivity index (χ3n) is 5.67. The fraction of sp³-hybridized carbons (Fsp3) is 0.500. The minimum absolute atomic E-state index is 0.185. The molecule has 1 aromatic rings. The maximum Gasteiger partial charge on any atom is 0.209 e. The predicted octanol–water partition coefficient (Wildman–Crippen LogP) is 0.182. The van der Waals surface area contributed by atoms with Gasteiger partial charge in [-0.15, -0.1) is 0 Å². The SMILES string of the molecule is COc1cccc(N=C2N=CNN3CCC(CN4CC[C@@H](N)[C@H](NS(C)(=O)=O)C4)=C23)c1. The van der Waals surface area contributed by atoms with Gasteiger partial charge in [0.2, 0.25) is 10.0 Å². The summed E-state index contributed by atoms with van der Waals surface area (Å²) in [5.74, 6) is 1.39. The van der Waals surface area contributed by atoms with Gasteiger partial charge in [-0.25, -0.2) is 23.1 Å². The number of nitrogens with two attached hydrogens (primary N) is 1. The third kappa shape index (κ3) is 5.24. The maximum atomic E-state index is 11.7. The minimum Gasteiger partial charge on any atom is -0.497 e. The van der Waals surface area contributed by atoms with Gasteiger partial charge in [-0.2, -0.15) is 0 Å². The summed E-state index contributed by atoms with van der Waals surface area (Å²) in [6.07, 6.45) is 4.44. The molecule has 11 heteroatoms. The number of piperidine rings is 1. The van der Waals surface area contributed by atoms with Crippen LogP contribution in [-0.4, -0.2) is 82.1 Å². The quantitative estimate of drug-likeness (QED) is 0.568. The van der Waals surface area contributed by atoms with Crippen molar-refractivity contribution in [3.63, 3.8) is 0 Å². The summed E-state index contributed by atoms with van der Waals surface area (Å²) in [6, 6.07) is 7.09. The molecule has 0 spiro atoms. The Kier molecular flexibility index (Phi) is 6.28. The van der Waals surface area contributed by atoms with E-state index < -0.39 is 10.0 Å². The molecule has 0 amide bonds. The number of hydrogen-bond acceptors (Lipinski definition) is 8. The maximum absolute atomic E-state index is 11.7. The summed E-state index contributed by atoms with van der Waals surface area (Å²) in [7, 11) is -1.68. The Morgan fingerprint density at radius 2 is 2.23 bits per heavy atom. The van der Waals surface area contributed by atoms with Crippen LogP contribution in [0.25, 0.3) is 0 Å². The highest BCUT2D eigenvalue weighted by Gasteiger charge is 2.33. The van der Waals surface area contributed by atoms with Gasteiger partial charge in [0, 0.05) is 44.3 Å². The number of nitrogens with zero attached hydrogens (tertiary/aromatic N) is 4. The van der Waals surface area contributed by atoms with Gasteiger partial charge in [0.05, 0.1) is 19.1 Å². The number of likely N-dealkylation sites (tertiary alicyclic amines) is 1. The van der Waals surface area contributed by atoms with Gasteiger partial charge in [-0.3, -0.25) is 15.3 Å². The van der Waals surface area contributed by atoms with Gasteiger partial charge < -0.3 is 10.5 Å². The molecule has 0 aromatic heterocycles. The Balaban J connectivity index is 1.56. The van der Waals surface area contributed by atoms with E-state index in [-0.39, 0.29) is 12.1 Å². The Morgan fingerprint density at radius 3 is 3.00 bits per heavy atom. The molecule has 1 saturated heterocycles. The number of hydrogen-bond donors (Lipinski definition) is 3. The van der Waals surface area contributed by atoms with Crippen molar-refractivity contribution < 1.29 is 13.2 Å². The second-order valence-corrected chi connectivity index (χ2v) is 9.84. The lowest BCUT2D eigenvalue weighted by atomic mass is 10.00. The Labute approximate surface area is 182 Å². The molecule has 0 saturated carbocycles. The smallest absolute Gasteiger partial charge is 0.209 e. The second-order valence-electron chi connectivity index (χ2n) is 8.06. The van der Waals surface area contributed by atoms with Crippen LogP contribution in [0.5, 0.6) is 5.75 Å². The molecule has 4 N–H and O–H groups in total. The van der Waals surface area contributed by atoms with E-state index in [1.807, 2.05) is 24.3 Å². The Bertz CT molecular complexity index is 1020. The molecule has 0 unspecified atom stereocenters. The largest absolute Gasteiger partial charge is 0.497 e. The molecule has 3 heterocycles. The zero-order valence-electron chi connectivity index (χ0n) is 17.8. The summed E-state index contributed by atoms with van der Waals surface area (Å²) in [4.78, 5) is 11.5. The number of benzene rings is 1. The zero-order valence-corrected chi connectivity index (χ0v) is 18.6. The average Bonchev–Trinajstić information content (AvgIpc) is 3.13. The summed E-state index contributed by atoms with van der Waals surface area (Å²) >= 11 is 0. The molecule has 0 radical (unpaired) electrons. The molecule has 4 rings (SSSR count). The number of fused-ring (bicyclic) bond motifs is 1. The second kappa shape index (κ2) is 8.95. The van der Waals surface area contributed by atoms with Gasteiger partial charge in [0.1, 0.15) is 17.8 Å². The van der Waals surface area contributed by atoms with E-state index in [1.165, 1.54) is 11.8 Å². The van der Waals surface area contributed by atoms with E-state index in [4.69, 9.17) is 15.5 Å². The molecule has 1 aromatic carbocycles. The fourth-order valence-corrected chi connectivity index (χ4v) is 4.98. The molecule has 10 nitrogen and oxygen atoms in total. The molecular formula is C20H29N7O3S. The minimum atomic E-state index is -3.31. The highest BCUT2D eigenvalue weighted by atomic mass is 32.2. The number of sulfonamides is 1. The number of nitrogens with one attached hydrogen (secondary N) is 2. The first-order valence-corrected chi connectivity index (χ1v) is 12.2. The molecule has 0 aliphatic carbocycles. The van der Waals surface area contributed by atoms with Crippen LogP contribution in [0.3, 0.4) is 0 Å². The van der Waals surface area contributed by atoms with Crippen molar-refractivity contribution in [3.8, 4) is 5.75 Å². The number of ether oxygens (including phenoxy) is 1. The normalized spacial score (nSPS) is 25.6. The standard InChI is InChI=1S/C20H29N7O3S/c1-30-16-5-3-4-15(10-16)24-20-19-14(6-9-27(19)23-13-22-20)11-26-8-7-17(21)18(12-26)25-31(2,28)29/h3-5,10,13,17-18,25H,6-9,11-12,21H2,1-2H3,(H,22,23,24)/t17-,18-/m1/s1. The topological polar surface area (TPSA) is 125 Å². The van der Waals surface area contributed by atoms with Crippen LogP contribution in [0.15, 0.2) is 45.5 Å². The van der Waals surface area contributed by atoms with Crippen molar-refractivity contribution in [2.24, 2.45) is 15.7 Å². The molecule has 168 valence electrons. The van der Waals surface area contributed by atoms with Crippen molar-refractivity contribution in [1.29, 1.82) is 0 Å². The molecule has 31 heavy (non-hydrogen) atoms. The van der Waals surface area contributed by atoms with E-state index in [1.54, 1.807) is 13.4 Å². The summed E-state index contributed by atoms with van der Waals surface area (Å²) in [6.45, 7) is 2.93. The van der Waals surface area contributed by atoms with Crippen LogP contribution < -0.4 is 20.6 Å². The lowest BCUT2D eigenvalue weighted by Crippen LogP contribution is -2.58. The van der Waals surface area contributed by atoms with E-state index >= 15 is 0 Å². The first kappa shape index (κ1) is 21.8. The molecule has 1 fully saturated rings. The van der Waals surface area contributed by atoms with E-state index in [0.29, 0.717) is 12.4 Å². The predicted molar refractivity (Wildman–Crippen MR) is 121 cm³/mol. The van der Waals surface area contributed by atoms with Crippen LogP contribution in [-0.2, 0) is 10.0 Å². The zero-order chi connectivity index (χ0) is 22.0. The van der Waals surface area contributed by atoms with Crippen LogP contribution in [0, 0.1) is 0 Å². The van der Waals surface area contributed by atoms with Crippen LogP contribution >= 0.6 is 0 Å². The highest BCUT2D eigenvalue weighted by molar-refractivity contribution is 7.88. The van der Waals surface area contributed by atoms with Gasteiger partial charge in [-0.1, -0.05) is 6.07 Å². The first-order valence-electron chi connectivity index (χ1n) is 10.3. The lowest BCUT2D eigenvalue weighted by Gasteiger charge is -2.37. The van der Waals surface area contributed by atoms with Crippen LogP contribution in [0.2, 0.25) is 0 Å². The molecule has 0 bridgehead atoms. The van der Waals surface area contributed by atoms with E-state index in [9.17, 15) is 8.42 Å². The van der Waals surface area contributed by atoms with Crippen LogP contribution in [0.4, 0.5) is 5.69 Å². The Hall–Kier alpha value is -2.47. The van der Waals surface area contributed by atoms with Crippen molar-refractivity contribution in [2.45, 2.75) is 24.9 Å². The highest BCUT2D eigenvalue weighted by Crippen LogP contribution is 2.29. The average molecular weight is 448 g/mol. The summed E-state index contributed by atoms with van der Waals surface area (Å²) in [5, 5.41) is 2.06. The van der Waals surface area contributed by atoms with Gasteiger partial charge in [0.25, 0.3) is 0 Å². The summed E-state index contributed by atoms with van der Waals surface area (Å²) in [5.41, 5.74) is 12.3. The molecule has 3 aliphatic heterocycles. The first-order chi connectivity index (χ1) is 14.8. The monoisotopic (exact) mass is 447 g/mol. The van der Waals surface area contributed by atoms with Crippen LogP contribution in [0.1, 0.15) is 12.8 Å². The lowest BCUT2D eigenvalue weighted by molar-refractivity contribution is 0.196. The molecular weight excluding hydrogens is 418 g/mol. The van der Waals surface area contributed by atoms with Crippen molar-refractivity contribution in [2.75, 3.05) is 39.5 Å². The van der Waals surface area contributed by atoms with E-state index in [0.717, 1.165) is 49.6 Å². The fourth-order valence-electron chi connectivity index (χ4n) is 4.19. The number of rotatable bonds is 6. The third-order valence-corrected chi connectivity index (χ3v) is 6.40.